The molecule has 0 saturated carbocycles. The van der Waals surface area contributed by atoms with Crippen LogP contribution in [-0.4, -0.2) is 27.0 Å². The molecule has 0 bridgehead atoms. The Labute approximate surface area is 108 Å². The molecule has 0 unspecified atom stereocenters. The lowest BCUT2D eigenvalue weighted by Gasteiger charge is -2.08. The quantitative estimate of drug-likeness (QED) is 0.741. The van der Waals surface area contributed by atoms with Crippen molar-refractivity contribution in [2.75, 3.05) is 12.8 Å². The van der Waals surface area contributed by atoms with Crippen LogP contribution in [0, 0.1) is 0 Å². The van der Waals surface area contributed by atoms with Crippen LogP contribution in [0.3, 0.4) is 0 Å². The second-order valence-corrected chi connectivity index (χ2v) is 3.79. The normalized spacial score (nSPS) is 10.6. The summed E-state index contributed by atoms with van der Waals surface area (Å²) in [4.78, 5) is 15.1. The number of nitrogens with zero attached hydrogens (tertiary/aromatic N) is 3. The van der Waals surface area contributed by atoms with Gasteiger partial charge in [0.05, 0.1) is 24.3 Å². The van der Waals surface area contributed by atoms with E-state index in [1.165, 1.54) is 13.4 Å². The molecule has 0 atom stereocenters. The van der Waals surface area contributed by atoms with Crippen LogP contribution in [0.1, 0.15) is 0 Å². The van der Waals surface area contributed by atoms with Crippen molar-refractivity contribution in [3.8, 4) is 17.5 Å². The Bertz CT molecular complexity index is 725. The van der Waals surface area contributed by atoms with Gasteiger partial charge in [0.2, 0.25) is 11.8 Å². The van der Waals surface area contributed by atoms with Crippen LogP contribution in [-0.2, 0) is 0 Å². The van der Waals surface area contributed by atoms with E-state index in [4.69, 9.17) is 15.2 Å². The molecule has 0 spiro atoms. The van der Waals surface area contributed by atoms with Gasteiger partial charge in [-0.3, -0.25) is 4.98 Å². The van der Waals surface area contributed by atoms with E-state index < -0.39 is 0 Å². The third-order valence-corrected chi connectivity index (χ3v) is 2.59. The van der Waals surface area contributed by atoms with E-state index in [1.54, 1.807) is 6.20 Å². The number of fused-ring (bicyclic) bond motifs is 1. The molecule has 3 heterocycles. The highest BCUT2D eigenvalue weighted by molar-refractivity contribution is 5.76. The first kappa shape index (κ1) is 11.3. The fraction of sp³-hybridized carbons (Fsp3) is 0.0833. The molecule has 3 N–H and O–H groups in total. The minimum absolute atomic E-state index is 0.236. The fourth-order valence-electron chi connectivity index (χ4n) is 1.69. The molecule has 0 aliphatic heterocycles. The van der Waals surface area contributed by atoms with Crippen LogP contribution < -0.4 is 15.2 Å². The molecule has 0 aliphatic rings. The van der Waals surface area contributed by atoms with Crippen LogP contribution in [0.5, 0.6) is 17.5 Å². The molecule has 96 valence electrons. The summed E-state index contributed by atoms with van der Waals surface area (Å²) in [7, 11) is 1.48. The second kappa shape index (κ2) is 4.45. The SMILES string of the molecule is COc1ncnc(Oc2cnc3cc[nH]c3c2)c1N. The monoisotopic (exact) mass is 257 g/mol. The highest BCUT2D eigenvalue weighted by Crippen LogP contribution is 2.30. The van der Waals surface area contributed by atoms with Crippen molar-refractivity contribution in [3.05, 3.63) is 30.9 Å². The zero-order chi connectivity index (χ0) is 13.2. The third-order valence-electron chi connectivity index (χ3n) is 2.59. The summed E-state index contributed by atoms with van der Waals surface area (Å²) in [6.07, 6.45) is 4.73. The minimum atomic E-state index is 0.236. The second-order valence-electron chi connectivity index (χ2n) is 3.79. The first-order chi connectivity index (χ1) is 9.28. The Morgan fingerprint density at radius 1 is 1.21 bits per heavy atom. The molecule has 0 aliphatic carbocycles. The number of anilines is 1. The Balaban J connectivity index is 1.96. The van der Waals surface area contributed by atoms with E-state index in [1.807, 2.05) is 18.3 Å². The first-order valence-electron chi connectivity index (χ1n) is 5.53. The summed E-state index contributed by atoms with van der Waals surface area (Å²) in [6.45, 7) is 0. The lowest BCUT2D eigenvalue weighted by Crippen LogP contribution is -2.00. The van der Waals surface area contributed by atoms with Gasteiger partial charge in [-0.05, 0) is 6.07 Å². The van der Waals surface area contributed by atoms with Crippen LogP contribution in [0.15, 0.2) is 30.9 Å². The van der Waals surface area contributed by atoms with Crippen LogP contribution >= 0.6 is 0 Å². The zero-order valence-electron chi connectivity index (χ0n) is 10.1. The highest BCUT2D eigenvalue weighted by Gasteiger charge is 2.11. The van der Waals surface area contributed by atoms with Crippen LogP contribution in [0.25, 0.3) is 11.0 Å². The molecule has 0 radical (unpaired) electrons. The molecule has 3 aromatic rings. The van der Waals surface area contributed by atoms with E-state index in [0.717, 1.165) is 11.0 Å². The smallest absolute Gasteiger partial charge is 0.249 e. The van der Waals surface area contributed by atoms with Gasteiger partial charge in [0.15, 0.2) is 5.69 Å². The molecule has 0 saturated heterocycles. The number of nitrogens with one attached hydrogen (secondary N) is 1. The van der Waals surface area contributed by atoms with Crippen molar-refractivity contribution in [3.63, 3.8) is 0 Å². The van der Waals surface area contributed by atoms with E-state index in [0.29, 0.717) is 5.75 Å². The van der Waals surface area contributed by atoms with E-state index in [-0.39, 0.29) is 17.4 Å². The summed E-state index contributed by atoms with van der Waals surface area (Å²) in [5.41, 5.74) is 7.81. The maximum absolute atomic E-state index is 5.83. The highest BCUT2D eigenvalue weighted by atomic mass is 16.5. The van der Waals surface area contributed by atoms with E-state index in [9.17, 15) is 0 Å². The van der Waals surface area contributed by atoms with Gasteiger partial charge in [-0.15, -0.1) is 0 Å². The van der Waals surface area contributed by atoms with Crippen molar-refractivity contribution in [1.29, 1.82) is 0 Å². The lowest BCUT2D eigenvalue weighted by molar-refractivity contribution is 0.391. The van der Waals surface area contributed by atoms with Gasteiger partial charge in [0.25, 0.3) is 0 Å². The summed E-state index contributed by atoms with van der Waals surface area (Å²) >= 11 is 0. The predicted octanol–water partition coefficient (Wildman–Crippen LogP) is 1.74. The van der Waals surface area contributed by atoms with Gasteiger partial charge in [-0.1, -0.05) is 0 Å². The molecule has 0 aromatic carbocycles. The molecule has 7 heteroatoms. The van der Waals surface area contributed by atoms with Crippen molar-refractivity contribution in [2.45, 2.75) is 0 Å². The van der Waals surface area contributed by atoms with Gasteiger partial charge in [-0.2, -0.15) is 9.97 Å². The standard InChI is InChI=1S/C12H11N5O2/c1-18-11-10(13)12(17-6-16-11)19-7-4-9-8(15-5-7)2-3-14-9/h2-6,14H,13H2,1H3. The topological polar surface area (TPSA) is 98.9 Å². The maximum atomic E-state index is 5.83. The number of hydrogen-bond acceptors (Lipinski definition) is 6. The molecule has 3 rings (SSSR count). The van der Waals surface area contributed by atoms with Gasteiger partial charge >= 0.3 is 0 Å². The number of pyridine rings is 1. The summed E-state index contributed by atoms with van der Waals surface area (Å²) < 4.78 is 10.6. The minimum Gasteiger partial charge on any atom is -0.479 e. The van der Waals surface area contributed by atoms with Crippen molar-refractivity contribution >= 4 is 16.7 Å². The molecule has 7 nitrogen and oxygen atoms in total. The van der Waals surface area contributed by atoms with Gasteiger partial charge in [0, 0.05) is 12.3 Å². The number of nitrogens with two attached hydrogens (primary N) is 1. The lowest BCUT2D eigenvalue weighted by atomic mass is 10.4. The Hall–Kier alpha value is -2.83. The van der Waals surface area contributed by atoms with Crippen molar-refractivity contribution in [2.24, 2.45) is 0 Å². The number of nitrogen functional groups attached to an aromatic ring is 1. The van der Waals surface area contributed by atoms with E-state index >= 15 is 0 Å². The molecule has 0 amide bonds. The largest absolute Gasteiger partial charge is 0.479 e. The average Bonchev–Trinajstić information content (AvgIpc) is 2.88. The zero-order valence-corrected chi connectivity index (χ0v) is 10.1. The van der Waals surface area contributed by atoms with Crippen LogP contribution in [0.2, 0.25) is 0 Å². The van der Waals surface area contributed by atoms with E-state index in [2.05, 4.69) is 19.9 Å². The summed E-state index contributed by atoms with van der Waals surface area (Å²) in [5.74, 6) is 1.04. The number of aromatic nitrogens is 4. The third kappa shape index (κ3) is 2.01. The molecular weight excluding hydrogens is 246 g/mol. The molecule has 3 aromatic heterocycles. The summed E-state index contributed by atoms with van der Waals surface area (Å²) in [6, 6.07) is 3.69. The predicted molar refractivity (Wildman–Crippen MR) is 69.2 cm³/mol. The maximum Gasteiger partial charge on any atom is 0.249 e. The van der Waals surface area contributed by atoms with Crippen molar-refractivity contribution < 1.29 is 9.47 Å². The fourth-order valence-corrected chi connectivity index (χ4v) is 1.69. The number of aromatic amines is 1. The average molecular weight is 257 g/mol. The van der Waals surface area contributed by atoms with Gasteiger partial charge in [0.1, 0.15) is 12.1 Å². The Morgan fingerprint density at radius 3 is 2.89 bits per heavy atom. The van der Waals surface area contributed by atoms with Gasteiger partial charge in [-0.25, -0.2) is 0 Å². The Kier molecular flexibility index (Phi) is 2.64. The number of rotatable bonds is 3. The Morgan fingerprint density at radius 2 is 2.05 bits per heavy atom. The molecular formula is C12H11N5O2. The molecule has 0 fully saturated rings. The number of hydrogen-bond donors (Lipinski definition) is 2. The number of H-pyrrole nitrogens is 1. The van der Waals surface area contributed by atoms with Gasteiger partial charge < -0.3 is 20.2 Å². The summed E-state index contributed by atoms with van der Waals surface area (Å²) in [5, 5.41) is 0. The first-order valence-corrected chi connectivity index (χ1v) is 5.53. The number of methoxy groups -OCH3 is 1. The number of ether oxygens (including phenoxy) is 2. The van der Waals surface area contributed by atoms with Crippen molar-refractivity contribution in [1.82, 2.24) is 19.9 Å². The van der Waals surface area contributed by atoms with Crippen LogP contribution in [0.4, 0.5) is 5.69 Å². The molecule has 19 heavy (non-hydrogen) atoms.